The first kappa shape index (κ1) is 12.1. The molecule has 0 aliphatic heterocycles. The van der Waals surface area contributed by atoms with Crippen LogP contribution in [0.2, 0.25) is 0 Å². The molecule has 0 saturated heterocycles. The highest BCUT2D eigenvalue weighted by Crippen LogP contribution is 2.11. The van der Waals surface area contributed by atoms with Crippen molar-refractivity contribution in [1.82, 2.24) is 5.32 Å². The number of phenols is 1. The quantitative estimate of drug-likeness (QED) is 0.778. The van der Waals surface area contributed by atoms with Gasteiger partial charge in [0, 0.05) is 5.54 Å². The first-order valence-electron chi connectivity index (χ1n) is 5.56. The summed E-state index contributed by atoms with van der Waals surface area (Å²) in [6.07, 6.45) is 2.13. The van der Waals surface area contributed by atoms with Crippen LogP contribution < -0.4 is 5.32 Å². The molecule has 84 valence electrons. The van der Waals surface area contributed by atoms with Crippen molar-refractivity contribution < 1.29 is 5.11 Å². The summed E-state index contributed by atoms with van der Waals surface area (Å²) < 4.78 is 0. The fourth-order valence-corrected chi connectivity index (χ4v) is 1.33. The molecule has 2 heteroatoms. The average molecular weight is 207 g/mol. The molecule has 0 aromatic heterocycles. The van der Waals surface area contributed by atoms with Crippen molar-refractivity contribution in [3.8, 4) is 5.75 Å². The Morgan fingerprint density at radius 3 is 2.33 bits per heavy atom. The van der Waals surface area contributed by atoms with Crippen LogP contribution in [0.4, 0.5) is 0 Å². The van der Waals surface area contributed by atoms with Crippen molar-refractivity contribution >= 4 is 0 Å². The topological polar surface area (TPSA) is 32.3 Å². The molecule has 0 bridgehead atoms. The lowest BCUT2D eigenvalue weighted by Crippen LogP contribution is -2.39. The van der Waals surface area contributed by atoms with Gasteiger partial charge in [0.2, 0.25) is 0 Å². The Kier molecular flexibility index (Phi) is 4.15. The number of hydrogen-bond acceptors (Lipinski definition) is 2. The maximum atomic E-state index is 9.13. The van der Waals surface area contributed by atoms with Gasteiger partial charge in [0.05, 0.1) is 0 Å². The fraction of sp³-hybridized carbons (Fsp3) is 0.538. The first-order valence-corrected chi connectivity index (χ1v) is 5.56. The van der Waals surface area contributed by atoms with E-state index >= 15 is 0 Å². The number of benzene rings is 1. The lowest BCUT2D eigenvalue weighted by Gasteiger charge is -2.24. The van der Waals surface area contributed by atoms with Crippen molar-refractivity contribution in [2.75, 3.05) is 6.54 Å². The van der Waals surface area contributed by atoms with Crippen LogP contribution in [0.3, 0.4) is 0 Å². The van der Waals surface area contributed by atoms with E-state index in [2.05, 4.69) is 26.1 Å². The molecule has 1 aromatic rings. The molecule has 2 nitrogen and oxygen atoms in total. The van der Waals surface area contributed by atoms with Gasteiger partial charge in [-0.05, 0) is 50.9 Å². The maximum Gasteiger partial charge on any atom is 0.115 e. The van der Waals surface area contributed by atoms with E-state index in [1.165, 1.54) is 5.56 Å². The molecule has 0 radical (unpaired) electrons. The summed E-state index contributed by atoms with van der Waals surface area (Å²) in [6.45, 7) is 7.59. The zero-order chi connectivity index (χ0) is 11.3. The van der Waals surface area contributed by atoms with Gasteiger partial charge in [0.1, 0.15) is 5.75 Å². The minimum absolute atomic E-state index is 0.219. The molecule has 1 aromatic carbocycles. The largest absolute Gasteiger partial charge is 0.508 e. The lowest BCUT2D eigenvalue weighted by molar-refractivity contribution is 0.379. The van der Waals surface area contributed by atoms with Gasteiger partial charge in [0.15, 0.2) is 0 Å². The molecule has 0 unspecified atom stereocenters. The second-order valence-corrected chi connectivity index (χ2v) is 4.58. The Morgan fingerprint density at radius 1 is 1.20 bits per heavy atom. The predicted molar refractivity (Wildman–Crippen MR) is 64.2 cm³/mol. The van der Waals surface area contributed by atoms with Crippen molar-refractivity contribution in [3.05, 3.63) is 29.8 Å². The molecule has 0 atom stereocenters. The highest BCUT2D eigenvalue weighted by atomic mass is 16.3. The Hall–Kier alpha value is -1.02. The lowest BCUT2D eigenvalue weighted by atomic mass is 10.0. The van der Waals surface area contributed by atoms with Crippen LogP contribution in [0.5, 0.6) is 5.75 Å². The van der Waals surface area contributed by atoms with E-state index in [0.29, 0.717) is 5.75 Å². The van der Waals surface area contributed by atoms with Crippen LogP contribution in [-0.4, -0.2) is 17.2 Å². The zero-order valence-corrected chi connectivity index (χ0v) is 9.88. The molecular formula is C13H21NO. The van der Waals surface area contributed by atoms with Crippen molar-refractivity contribution in [2.24, 2.45) is 0 Å². The van der Waals surface area contributed by atoms with E-state index in [-0.39, 0.29) is 5.54 Å². The average Bonchev–Trinajstić information content (AvgIpc) is 2.21. The van der Waals surface area contributed by atoms with Gasteiger partial charge < -0.3 is 10.4 Å². The van der Waals surface area contributed by atoms with Crippen molar-refractivity contribution in [1.29, 1.82) is 0 Å². The molecule has 0 aliphatic rings. The number of phenolic OH excluding ortho intramolecular Hbond substituents is 1. The van der Waals surface area contributed by atoms with E-state index in [9.17, 15) is 0 Å². The zero-order valence-electron chi connectivity index (χ0n) is 9.88. The van der Waals surface area contributed by atoms with Gasteiger partial charge >= 0.3 is 0 Å². The van der Waals surface area contributed by atoms with Crippen molar-refractivity contribution in [3.63, 3.8) is 0 Å². The van der Waals surface area contributed by atoms with Crippen molar-refractivity contribution in [2.45, 2.75) is 39.2 Å². The minimum Gasteiger partial charge on any atom is -0.508 e. The van der Waals surface area contributed by atoms with Crippen LogP contribution in [-0.2, 0) is 6.42 Å². The molecule has 0 aliphatic carbocycles. The molecule has 15 heavy (non-hydrogen) atoms. The van der Waals surface area contributed by atoms with Gasteiger partial charge in [0.25, 0.3) is 0 Å². The maximum absolute atomic E-state index is 9.13. The number of nitrogens with one attached hydrogen (secondary N) is 1. The van der Waals surface area contributed by atoms with Crippen LogP contribution in [0.15, 0.2) is 24.3 Å². The molecule has 2 N–H and O–H groups in total. The number of rotatable bonds is 5. The third-order valence-corrected chi connectivity index (χ3v) is 2.84. The third kappa shape index (κ3) is 4.34. The summed E-state index contributed by atoms with van der Waals surface area (Å²) in [7, 11) is 0. The Labute approximate surface area is 92.3 Å². The molecular weight excluding hydrogens is 186 g/mol. The first-order chi connectivity index (χ1) is 7.03. The summed E-state index contributed by atoms with van der Waals surface area (Å²) in [5, 5.41) is 12.6. The minimum atomic E-state index is 0.219. The molecule has 0 fully saturated rings. The third-order valence-electron chi connectivity index (χ3n) is 2.84. The molecule has 0 amide bonds. The van der Waals surface area contributed by atoms with E-state index in [4.69, 9.17) is 5.11 Å². The summed E-state index contributed by atoms with van der Waals surface area (Å²) in [4.78, 5) is 0. The number of hydrogen-bond donors (Lipinski definition) is 2. The van der Waals surface area contributed by atoms with E-state index < -0.39 is 0 Å². The standard InChI is InChI=1S/C13H21NO/c1-4-13(2,3)14-10-9-11-5-7-12(15)8-6-11/h5-8,14-15H,4,9-10H2,1-3H3. The highest BCUT2D eigenvalue weighted by Gasteiger charge is 2.12. The number of aromatic hydroxyl groups is 1. The highest BCUT2D eigenvalue weighted by molar-refractivity contribution is 5.25. The molecule has 0 heterocycles. The smallest absolute Gasteiger partial charge is 0.115 e. The SMILES string of the molecule is CCC(C)(C)NCCc1ccc(O)cc1. The fourth-order valence-electron chi connectivity index (χ4n) is 1.33. The Balaban J connectivity index is 2.35. The summed E-state index contributed by atoms with van der Waals surface area (Å²) in [5.41, 5.74) is 1.48. The second-order valence-electron chi connectivity index (χ2n) is 4.58. The van der Waals surface area contributed by atoms with Crippen LogP contribution in [0.1, 0.15) is 32.8 Å². The van der Waals surface area contributed by atoms with Gasteiger partial charge in [-0.3, -0.25) is 0 Å². The summed E-state index contributed by atoms with van der Waals surface area (Å²) in [6, 6.07) is 7.41. The Morgan fingerprint density at radius 2 is 1.80 bits per heavy atom. The second kappa shape index (κ2) is 5.17. The predicted octanol–water partition coefficient (Wildman–Crippen LogP) is 2.71. The summed E-state index contributed by atoms with van der Waals surface area (Å²) >= 11 is 0. The molecule has 0 spiro atoms. The molecule has 0 saturated carbocycles. The summed E-state index contributed by atoms with van der Waals surface area (Å²) in [5.74, 6) is 0.334. The van der Waals surface area contributed by atoms with Crippen LogP contribution >= 0.6 is 0 Å². The van der Waals surface area contributed by atoms with Gasteiger partial charge in [-0.25, -0.2) is 0 Å². The molecule has 1 rings (SSSR count). The van der Waals surface area contributed by atoms with E-state index in [1.807, 2.05) is 12.1 Å². The van der Waals surface area contributed by atoms with E-state index in [1.54, 1.807) is 12.1 Å². The Bertz CT molecular complexity index is 290. The normalized spacial score (nSPS) is 11.7. The van der Waals surface area contributed by atoms with E-state index in [0.717, 1.165) is 19.4 Å². The van der Waals surface area contributed by atoms with Gasteiger partial charge in [-0.2, -0.15) is 0 Å². The van der Waals surface area contributed by atoms with Gasteiger partial charge in [-0.15, -0.1) is 0 Å². The van der Waals surface area contributed by atoms with Crippen LogP contribution in [0.25, 0.3) is 0 Å². The van der Waals surface area contributed by atoms with Gasteiger partial charge in [-0.1, -0.05) is 19.1 Å². The monoisotopic (exact) mass is 207 g/mol. The van der Waals surface area contributed by atoms with Crippen LogP contribution in [0, 0.1) is 0 Å².